The number of thiophene rings is 1. The first-order valence-electron chi connectivity index (χ1n) is 14.6. The van der Waals surface area contributed by atoms with Crippen LogP contribution in [0.5, 0.6) is 0 Å². The number of H-pyrrole nitrogens is 2. The molecule has 1 aliphatic heterocycles. The van der Waals surface area contributed by atoms with Crippen LogP contribution in [-0.2, 0) is 0 Å². The first-order chi connectivity index (χ1) is 20.4. The third-order valence-electron chi connectivity index (χ3n) is 7.94. The summed E-state index contributed by atoms with van der Waals surface area (Å²) in [5.74, 6) is 0.683. The van der Waals surface area contributed by atoms with Gasteiger partial charge in [0.1, 0.15) is 5.69 Å². The maximum Gasteiger partial charge on any atom is 0.116 e. The number of hydrogen-bond donors (Lipinski definition) is 4. The molecule has 216 valence electrons. The summed E-state index contributed by atoms with van der Waals surface area (Å²) >= 11 is 1.81. The fourth-order valence-electron chi connectivity index (χ4n) is 5.55. The predicted octanol–water partition coefficient (Wildman–Crippen LogP) is 7.24. The number of aromatic nitrogens is 3. The van der Waals surface area contributed by atoms with Gasteiger partial charge in [-0.2, -0.15) is 5.10 Å². The fraction of sp³-hybridized carbons (Fsp3) is 0.250. The van der Waals surface area contributed by atoms with Gasteiger partial charge in [-0.25, -0.2) is 0 Å². The number of benzene rings is 1. The Kier molecular flexibility index (Phi) is 9.25. The highest BCUT2D eigenvalue weighted by Gasteiger charge is 2.15. The smallest absolute Gasteiger partial charge is 0.116 e. The predicted molar refractivity (Wildman–Crippen MR) is 181 cm³/mol. The number of piperidine rings is 1. The van der Waals surface area contributed by atoms with Gasteiger partial charge >= 0.3 is 0 Å². The van der Waals surface area contributed by atoms with Crippen LogP contribution >= 0.6 is 11.3 Å². The average molecular weight is 576 g/mol. The van der Waals surface area contributed by atoms with E-state index in [2.05, 4.69) is 121 Å². The third-order valence-corrected chi connectivity index (χ3v) is 8.97. The molecule has 0 amide bonds. The van der Waals surface area contributed by atoms with Crippen LogP contribution in [0.3, 0.4) is 0 Å². The Morgan fingerprint density at radius 1 is 1.19 bits per heavy atom. The van der Waals surface area contributed by atoms with Crippen LogP contribution in [0.15, 0.2) is 96.4 Å². The molecule has 1 aliphatic rings. The molecule has 4 aromatic rings. The molecule has 0 radical (unpaired) electrons. The van der Waals surface area contributed by atoms with Gasteiger partial charge in [-0.05, 0) is 113 Å². The van der Waals surface area contributed by atoms with Crippen molar-refractivity contribution in [2.24, 2.45) is 5.92 Å². The first-order valence-corrected chi connectivity index (χ1v) is 15.4. The van der Waals surface area contributed by atoms with E-state index < -0.39 is 0 Å². The Hall–Kier alpha value is -4.13. The van der Waals surface area contributed by atoms with E-state index in [0.717, 1.165) is 69.5 Å². The number of fused-ring (bicyclic) bond motifs is 1. The second-order valence-corrected chi connectivity index (χ2v) is 12.3. The molecule has 5 rings (SSSR count). The highest BCUT2D eigenvalue weighted by molar-refractivity contribution is 7.15. The van der Waals surface area contributed by atoms with E-state index in [1.54, 1.807) is 0 Å². The summed E-state index contributed by atoms with van der Waals surface area (Å²) < 4.78 is 0. The van der Waals surface area contributed by atoms with Gasteiger partial charge in [-0.3, -0.25) is 5.10 Å². The minimum absolute atomic E-state index is 0.683. The number of nitrogens with one attached hydrogen (secondary N) is 4. The molecule has 5 nitrogen and oxygen atoms in total. The van der Waals surface area contributed by atoms with E-state index >= 15 is 0 Å². The average Bonchev–Trinajstić information content (AvgIpc) is 3.72. The van der Waals surface area contributed by atoms with Gasteiger partial charge in [0.25, 0.3) is 0 Å². The van der Waals surface area contributed by atoms with Crippen molar-refractivity contribution in [2.45, 2.75) is 40.0 Å². The van der Waals surface area contributed by atoms with Crippen LogP contribution in [0, 0.1) is 12.8 Å². The molecule has 3 aromatic heterocycles. The minimum atomic E-state index is 0.683. The van der Waals surface area contributed by atoms with Crippen LogP contribution in [0.4, 0.5) is 0 Å². The van der Waals surface area contributed by atoms with Crippen molar-refractivity contribution in [1.82, 2.24) is 25.8 Å². The van der Waals surface area contributed by atoms with Crippen molar-refractivity contribution in [3.63, 3.8) is 0 Å². The van der Waals surface area contributed by atoms with Crippen LogP contribution in [0.25, 0.3) is 45.4 Å². The summed E-state index contributed by atoms with van der Waals surface area (Å²) in [5, 5.41) is 17.7. The first kappa shape index (κ1) is 29.4. The van der Waals surface area contributed by atoms with E-state index in [0.29, 0.717) is 5.92 Å². The van der Waals surface area contributed by atoms with Crippen LogP contribution in [0.1, 0.15) is 38.0 Å². The summed E-state index contributed by atoms with van der Waals surface area (Å²) in [6, 6.07) is 12.9. The van der Waals surface area contributed by atoms with Crippen LogP contribution in [0.2, 0.25) is 0 Å². The zero-order valence-corrected chi connectivity index (χ0v) is 25.8. The second kappa shape index (κ2) is 13.2. The number of aryl methyl sites for hydroxylation is 1. The summed E-state index contributed by atoms with van der Waals surface area (Å²) in [4.78, 5) is 6.13. The van der Waals surface area contributed by atoms with E-state index in [4.69, 9.17) is 0 Å². The molecular formula is C36H41N5S. The Morgan fingerprint density at radius 3 is 2.71 bits per heavy atom. The maximum atomic E-state index is 4.63. The van der Waals surface area contributed by atoms with E-state index in [1.807, 2.05) is 23.5 Å². The molecule has 0 atom stereocenters. The summed E-state index contributed by atoms with van der Waals surface area (Å²) in [5.41, 5.74) is 8.33. The highest BCUT2D eigenvalue weighted by atomic mass is 32.1. The zero-order chi connectivity index (χ0) is 29.6. The molecule has 6 heteroatoms. The number of rotatable bonds is 10. The molecule has 1 fully saturated rings. The molecule has 1 aromatic carbocycles. The summed E-state index contributed by atoms with van der Waals surface area (Å²) in [6.45, 7) is 21.2. The van der Waals surface area contributed by atoms with Crippen molar-refractivity contribution in [3.8, 4) is 21.8 Å². The SMILES string of the molecule is C=C\C(=C/C(=C\C)C(/C)=C/C=c1/[nH]nc(-c2cc3c(-c4ccc(C)s4)cccc3[nH]2)c1=C)NC(=C)CC1CCNCC1. The fourth-order valence-corrected chi connectivity index (χ4v) is 6.46. The topological polar surface area (TPSA) is 68.5 Å². The van der Waals surface area contributed by atoms with Gasteiger partial charge in [0.15, 0.2) is 0 Å². The molecule has 0 bridgehead atoms. The lowest BCUT2D eigenvalue weighted by atomic mass is 9.93. The molecule has 42 heavy (non-hydrogen) atoms. The normalized spacial score (nSPS) is 15.9. The van der Waals surface area contributed by atoms with Crippen molar-refractivity contribution in [1.29, 1.82) is 0 Å². The minimum Gasteiger partial charge on any atom is -0.359 e. The Balaban J connectivity index is 1.35. The Morgan fingerprint density at radius 2 is 2.00 bits per heavy atom. The van der Waals surface area contributed by atoms with Crippen molar-refractivity contribution in [3.05, 3.63) is 112 Å². The van der Waals surface area contributed by atoms with E-state index in [1.165, 1.54) is 33.5 Å². The Bertz CT molecular complexity index is 1800. The molecule has 0 unspecified atom stereocenters. The van der Waals surface area contributed by atoms with Gasteiger partial charge in [-0.1, -0.05) is 44.0 Å². The molecular weight excluding hydrogens is 534 g/mol. The van der Waals surface area contributed by atoms with Crippen molar-refractivity contribution < 1.29 is 0 Å². The monoisotopic (exact) mass is 575 g/mol. The zero-order valence-electron chi connectivity index (χ0n) is 24.9. The van der Waals surface area contributed by atoms with Gasteiger partial charge in [0.2, 0.25) is 0 Å². The van der Waals surface area contributed by atoms with E-state index in [9.17, 15) is 0 Å². The lowest BCUT2D eigenvalue weighted by Gasteiger charge is -2.24. The van der Waals surface area contributed by atoms with Gasteiger partial charge < -0.3 is 15.6 Å². The lowest BCUT2D eigenvalue weighted by molar-refractivity contribution is 0.368. The molecule has 4 N–H and O–H groups in total. The van der Waals surface area contributed by atoms with E-state index in [-0.39, 0.29) is 0 Å². The van der Waals surface area contributed by atoms with Crippen LogP contribution < -0.4 is 21.2 Å². The molecule has 1 saturated heterocycles. The van der Waals surface area contributed by atoms with Crippen LogP contribution in [-0.4, -0.2) is 28.3 Å². The van der Waals surface area contributed by atoms with Gasteiger partial charge in [0, 0.05) is 42.8 Å². The number of hydrogen-bond acceptors (Lipinski definition) is 4. The summed E-state index contributed by atoms with van der Waals surface area (Å²) in [6.07, 6.45) is 13.6. The standard InChI is InChI=1S/C36H41N5S/c1-7-28(21-29(8-2)38-24(4)20-27-16-18-37-19-17-27)23(3)12-14-32-26(6)36(41-40-32)34-22-31-30(10-9-11-33(31)39-34)35-15-13-25(5)42-35/h7-15,21-22,27,37-40H,2,4,6,16-20H2,1,3,5H3/b23-12+,28-7+,29-21+,32-14+. The number of allylic oxidation sites excluding steroid dienone is 7. The molecule has 0 saturated carbocycles. The van der Waals surface area contributed by atoms with Gasteiger partial charge in [0.05, 0.1) is 11.0 Å². The molecule has 0 aliphatic carbocycles. The molecule has 4 heterocycles. The van der Waals surface area contributed by atoms with Gasteiger partial charge in [-0.15, -0.1) is 11.3 Å². The van der Waals surface area contributed by atoms with Crippen molar-refractivity contribution >= 4 is 34.9 Å². The lowest BCUT2D eigenvalue weighted by Crippen LogP contribution is -2.28. The maximum absolute atomic E-state index is 4.63. The van der Waals surface area contributed by atoms with Crippen molar-refractivity contribution in [2.75, 3.05) is 13.1 Å². The Labute approximate surface area is 252 Å². The number of nitrogens with zero attached hydrogens (tertiary/aromatic N) is 1. The highest BCUT2D eigenvalue weighted by Crippen LogP contribution is 2.35. The quantitative estimate of drug-likeness (QED) is 0.151. The molecule has 0 spiro atoms. The largest absolute Gasteiger partial charge is 0.359 e. The second-order valence-electron chi connectivity index (χ2n) is 11.0. The number of aromatic amines is 2. The third kappa shape index (κ3) is 6.67. The summed E-state index contributed by atoms with van der Waals surface area (Å²) in [7, 11) is 0.